The Morgan fingerprint density at radius 2 is 1.74 bits per heavy atom. The molecule has 2 saturated heterocycles. The molecule has 2 unspecified atom stereocenters. The summed E-state index contributed by atoms with van der Waals surface area (Å²) in [5, 5.41) is 2.84. The zero-order valence-electron chi connectivity index (χ0n) is 15.0. The maximum absolute atomic E-state index is 12.7. The molecule has 0 bridgehead atoms. The molecule has 0 saturated carbocycles. The molecule has 4 rings (SSSR count). The van der Waals surface area contributed by atoms with Gasteiger partial charge in [-0.2, -0.15) is 0 Å². The van der Waals surface area contributed by atoms with Gasteiger partial charge in [0.25, 0.3) is 17.7 Å². The van der Waals surface area contributed by atoms with Gasteiger partial charge >= 0.3 is 0 Å². The number of amides is 3. The second-order valence-electron chi connectivity index (χ2n) is 7.40. The molecule has 2 fully saturated rings. The van der Waals surface area contributed by atoms with Crippen LogP contribution in [0.4, 0.5) is 0 Å². The smallest absolute Gasteiger partial charge is 0.261 e. The van der Waals surface area contributed by atoms with E-state index < -0.39 is 33.6 Å². The van der Waals surface area contributed by atoms with E-state index in [2.05, 4.69) is 10.2 Å². The van der Waals surface area contributed by atoms with Crippen molar-refractivity contribution in [3.8, 4) is 0 Å². The van der Waals surface area contributed by atoms with Gasteiger partial charge < -0.3 is 5.32 Å². The van der Waals surface area contributed by atoms with Crippen molar-refractivity contribution in [3.63, 3.8) is 0 Å². The van der Waals surface area contributed by atoms with E-state index in [9.17, 15) is 22.8 Å². The van der Waals surface area contributed by atoms with E-state index in [1.165, 1.54) is 25.2 Å². The molecule has 0 aliphatic carbocycles. The van der Waals surface area contributed by atoms with E-state index in [1.807, 2.05) is 0 Å². The molecule has 0 aromatic heterocycles. The van der Waals surface area contributed by atoms with Gasteiger partial charge in [0.15, 0.2) is 9.84 Å². The van der Waals surface area contributed by atoms with Gasteiger partial charge in [0.2, 0.25) is 0 Å². The number of likely N-dealkylation sites (tertiary alicyclic amines) is 1. The Hall–Kier alpha value is -2.26. The fraction of sp³-hybridized carbons (Fsp3) is 0.500. The SMILES string of the molecule is CN1C(=O)c2ccc(C(=O)NC3CS(=O)(=O)CC3N3CCCC3)cc2C1=O. The monoisotopic (exact) mass is 391 g/mol. The summed E-state index contributed by atoms with van der Waals surface area (Å²) in [4.78, 5) is 39.9. The van der Waals surface area contributed by atoms with Gasteiger partial charge in [-0.3, -0.25) is 24.2 Å². The number of sulfone groups is 1. The lowest BCUT2D eigenvalue weighted by atomic mass is 10.0. The average molecular weight is 391 g/mol. The number of hydrogen-bond donors (Lipinski definition) is 1. The topological polar surface area (TPSA) is 104 Å². The number of fused-ring (bicyclic) bond motifs is 1. The van der Waals surface area contributed by atoms with Gasteiger partial charge in [0, 0.05) is 18.7 Å². The second kappa shape index (κ2) is 6.42. The first-order valence-electron chi connectivity index (χ1n) is 8.98. The van der Waals surface area contributed by atoms with Crippen molar-refractivity contribution >= 4 is 27.6 Å². The zero-order chi connectivity index (χ0) is 19.3. The van der Waals surface area contributed by atoms with Crippen LogP contribution in [-0.4, -0.2) is 79.7 Å². The van der Waals surface area contributed by atoms with Crippen LogP contribution in [0.3, 0.4) is 0 Å². The third-order valence-electron chi connectivity index (χ3n) is 5.60. The van der Waals surface area contributed by atoms with Crippen molar-refractivity contribution in [2.75, 3.05) is 31.6 Å². The largest absolute Gasteiger partial charge is 0.347 e. The van der Waals surface area contributed by atoms with Crippen molar-refractivity contribution in [2.24, 2.45) is 0 Å². The first kappa shape index (κ1) is 18.1. The van der Waals surface area contributed by atoms with Crippen molar-refractivity contribution in [2.45, 2.75) is 24.9 Å². The molecule has 1 N–H and O–H groups in total. The molecule has 0 radical (unpaired) electrons. The van der Waals surface area contributed by atoms with Gasteiger partial charge in [0.1, 0.15) is 0 Å². The second-order valence-corrected chi connectivity index (χ2v) is 9.55. The third kappa shape index (κ3) is 3.14. The Morgan fingerprint density at radius 3 is 2.44 bits per heavy atom. The molecule has 1 aromatic carbocycles. The fourth-order valence-corrected chi connectivity index (χ4v) is 6.11. The Morgan fingerprint density at radius 1 is 1.07 bits per heavy atom. The van der Waals surface area contributed by atoms with Crippen LogP contribution in [0.15, 0.2) is 18.2 Å². The standard InChI is InChI=1S/C18H21N3O5S/c1-20-17(23)12-5-4-11(8-13(12)18(20)24)16(22)19-14-9-27(25,26)10-15(14)21-6-2-3-7-21/h4-5,8,14-15H,2-3,6-7,9-10H2,1H3,(H,19,22). The molecular weight excluding hydrogens is 370 g/mol. The normalized spacial score (nSPS) is 27.2. The fourth-order valence-electron chi connectivity index (χ4n) is 4.15. The number of hydrogen-bond acceptors (Lipinski definition) is 6. The molecule has 3 amide bonds. The lowest BCUT2D eigenvalue weighted by Gasteiger charge is -2.28. The molecule has 27 heavy (non-hydrogen) atoms. The zero-order valence-corrected chi connectivity index (χ0v) is 15.8. The number of rotatable bonds is 3. The van der Waals surface area contributed by atoms with Crippen LogP contribution in [0.25, 0.3) is 0 Å². The minimum Gasteiger partial charge on any atom is -0.347 e. The van der Waals surface area contributed by atoms with E-state index in [-0.39, 0.29) is 34.2 Å². The van der Waals surface area contributed by atoms with E-state index in [0.717, 1.165) is 30.8 Å². The summed E-state index contributed by atoms with van der Waals surface area (Å²) in [7, 11) is -1.81. The van der Waals surface area contributed by atoms with Crippen molar-refractivity contribution < 1.29 is 22.8 Å². The maximum atomic E-state index is 12.7. The molecule has 3 aliphatic rings. The number of nitrogens with zero attached hydrogens (tertiary/aromatic N) is 2. The van der Waals surface area contributed by atoms with Crippen LogP contribution < -0.4 is 5.32 Å². The van der Waals surface area contributed by atoms with E-state index >= 15 is 0 Å². The van der Waals surface area contributed by atoms with Crippen LogP contribution >= 0.6 is 0 Å². The number of nitrogens with one attached hydrogen (secondary N) is 1. The molecule has 3 heterocycles. The molecule has 9 heteroatoms. The van der Waals surface area contributed by atoms with Crippen LogP contribution in [0.1, 0.15) is 43.9 Å². The molecule has 3 aliphatic heterocycles. The Bertz CT molecular complexity index is 936. The predicted octanol–water partition coefficient (Wildman–Crippen LogP) is -0.0964. The lowest BCUT2D eigenvalue weighted by molar-refractivity contribution is 0.0693. The van der Waals surface area contributed by atoms with Crippen LogP contribution in [-0.2, 0) is 9.84 Å². The van der Waals surface area contributed by atoms with Crippen molar-refractivity contribution in [3.05, 3.63) is 34.9 Å². The van der Waals surface area contributed by atoms with Gasteiger partial charge in [-0.15, -0.1) is 0 Å². The summed E-state index contributed by atoms with van der Waals surface area (Å²) < 4.78 is 24.3. The Labute approximate surface area is 157 Å². The highest BCUT2D eigenvalue weighted by atomic mass is 32.2. The summed E-state index contributed by atoms with van der Waals surface area (Å²) in [5.41, 5.74) is 0.720. The van der Waals surface area contributed by atoms with Crippen molar-refractivity contribution in [1.29, 1.82) is 0 Å². The number of imide groups is 1. The van der Waals surface area contributed by atoms with Gasteiger partial charge in [-0.25, -0.2) is 8.42 Å². The predicted molar refractivity (Wildman–Crippen MR) is 97.4 cm³/mol. The summed E-state index contributed by atoms with van der Waals surface area (Å²) >= 11 is 0. The Balaban J connectivity index is 1.55. The van der Waals surface area contributed by atoms with Gasteiger partial charge in [0.05, 0.1) is 28.7 Å². The van der Waals surface area contributed by atoms with Crippen LogP contribution in [0.5, 0.6) is 0 Å². The van der Waals surface area contributed by atoms with E-state index in [0.29, 0.717) is 0 Å². The van der Waals surface area contributed by atoms with E-state index in [4.69, 9.17) is 0 Å². The third-order valence-corrected chi connectivity index (χ3v) is 7.32. The number of carbonyl (C=O) groups is 3. The van der Waals surface area contributed by atoms with Crippen molar-refractivity contribution in [1.82, 2.24) is 15.1 Å². The highest BCUT2D eigenvalue weighted by molar-refractivity contribution is 7.91. The minimum absolute atomic E-state index is 0.0555. The molecule has 8 nitrogen and oxygen atoms in total. The molecule has 2 atom stereocenters. The molecule has 1 aromatic rings. The summed E-state index contributed by atoms with van der Waals surface area (Å²) in [5.74, 6) is -1.29. The lowest BCUT2D eigenvalue weighted by Crippen LogP contribution is -2.50. The summed E-state index contributed by atoms with van der Waals surface area (Å²) in [6, 6.07) is 3.67. The maximum Gasteiger partial charge on any atom is 0.261 e. The minimum atomic E-state index is -3.20. The molecule has 144 valence electrons. The van der Waals surface area contributed by atoms with E-state index in [1.54, 1.807) is 0 Å². The van der Waals surface area contributed by atoms with Crippen LogP contribution in [0, 0.1) is 0 Å². The first-order valence-corrected chi connectivity index (χ1v) is 10.8. The highest BCUT2D eigenvalue weighted by Crippen LogP contribution is 2.25. The molecular formula is C18H21N3O5S. The number of carbonyl (C=O) groups excluding carboxylic acids is 3. The average Bonchev–Trinajstić information content (AvgIpc) is 3.30. The summed E-state index contributed by atoms with van der Waals surface area (Å²) in [6.45, 7) is 1.68. The highest BCUT2D eigenvalue weighted by Gasteiger charge is 2.42. The summed E-state index contributed by atoms with van der Waals surface area (Å²) in [6.07, 6.45) is 2.07. The van der Waals surface area contributed by atoms with Crippen LogP contribution in [0.2, 0.25) is 0 Å². The quantitative estimate of drug-likeness (QED) is 0.722. The molecule has 0 spiro atoms. The Kier molecular flexibility index (Phi) is 4.31. The number of benzene rings is 1. The first-order chi connectivity index (χ1) is 12.8. The van der Waals surface area contributed by atoms with Gasteiger partial charge in [-0.05, 0) is 44.1 Å². The van der Waals surface area contributed by atoms with Gasteiger partial charge in [-0.1, -0.05) is 0 Å².